The van der Waals surface area contributed by atoms with Gasteiger partial charge in [-0.05, 0) is 69.3 Å². The first kappa shape index (κ1) is 10.6. The first-order valence-corrected chi connectivity index (χ1v) is 5.86. The Morgan fingerprint density at radius 3 is 2.08 bits per heavy atom. The number of ether oxygens (including phenoxy) is 1. The van der Waals surface area contributed by atoms with Crippen LogP contribution in [0.5, 0.6) is 5.75 Å². The van der Waals surface area contributed by atoms with E-state index in [-0.39, 0.29) is 0 Å². The van der Waals surface area contributed by atoms with Gasteiger partial charge >= 0.3 is 0 Å². The van der Waals surface area contributed by atoms with Crippen molar-refractivity contribution in [1.82, 2.24) is 0 Å². The third-order valence-corrected chi connectivity index (χ3v) is 3.63. The van der Waals surface area contributed by atoms with Gasteiger partial charge in [0.05, 0.1) is 7.11 Å². The first-order valence-electron chi connectivity index (χ1n) is 3.71. The highest BCUT2D eigenvalue weighted by Gasteiger charge is 2.04. The van der Waals surface area contributed by atoms with Gasteiger partial charge in [0.2, 0.25) is 0 Å². The van der Waals surface area contributed by atoms with Crippen LogP contribution in [0.15, 0.2) is 12.1 Å². The van der Waals surface area contributed by atoms with Crippen molar-refractivity contribution in [2.45, 2.75) is 13.3 Å². The summed E-state index contributed by atoms with van der Waals surface area (Å²) < 4.78 is 7.75. The van der Waals surface area contributed by atoms with Crippen LogP contribution in [-0.2, 0) is 6.42 Å². The van der Waals surface area contributed by atoms with E-state index in [9.17, 15) is 0 Å². The van der Waals surface area contributed by atoms with Crippen molar-refractivity contribution in [2.24, 2.45) is 0 Å². The molecule has 0 unspecified atom stereocenters. The van der Waals surface area contributed by atoms with E-state index >= 15 is 0 Å². The van der Waals surface area contributed by atoms with E-state index in [4.69, 9.17) is 4.74 Å². The van der Waals surface area contributed by atoms with Crippen molar-refractivity contribution in [2.75, 3.05) is 7.11 Å². The minimum absolute atomic E-state index is 0.945. The van der Waals surface area contributed by atoms with Gasteiger partial charge in [0.25, 0.3) is 0 Å². The summed E-state index contributed by atoms with van der Waals surface area (Å²) in [5, 5.41) is 0. The summed E-state index contributed by atoms with van der Waals surface area (Å²) in [6.45, 7) is 2.17. The van der Waals surface area contributed by atoms with E-state index in [1.54, 1.807) is 7.11 Å². The molecule has 0 aliphatic carbocycles. The van der Waals surface area contributed by atoms with Crippen LogP contribution in [0.4, 0.5) is 0 Å². The molecule has 0 heterocycles. The minimum Gasteiger partial charge on any atom is -0.497 e. The predicted molar refractivity (Wildman–Crippen MR) is 67.8 cm³/mol. The Morgan fingerprint density at radius 2 is 1.75 bits per heavy atom. The van der Waals surface area contributed by atoms with Gasteiger partial charge in [-0.15, -0.1) is 0 Å². The topological polar surface area (TPSA) is 9.23 Å². The molecule has 0 aliphatic heterocycles. The zero-order chi connectivity index (χ0) is 9.14. The second kappa shape index (κ2) is 4.64. The lowest BCUT2D eigenvalue weighted by Crippen LogP contribution is -1.93. The van der Waals surface area contributed by atoms with Crippen LogP contribution in [-0.4, -0.2) is 7.11 Å². The standard InChI is InChI=1S/C9H10I2O/c1-3-7-8(10)4-6(12-2)5-9(7)11/h4-5H,3H2,1-2H3. The normalized spacial score (nSPS) is 10.0. The lowest BCUT2D eigenvalue weighted by atomic mass is 10.2. The zero-order valence-corrected chi connectivity index (χ0v) is 11.3. The molecule has 0 aromatic heterocycles. The molecule has 0 saturated heterocycles. The van der Waals surface area contributed by atoms with Gasteiger partial charge in [-0.25, -0.2) is 0 Å². The Morgan fingerprint density at radius 1 is 1.25 bits per heavy atom. The Labute approximate surface area is 100 Å². The van der Waals surface area contributed by atoms with E-state index in [2.05, 4.69) is 64.2 Å². The van der Waals surface area contributed by atoms with Gasteiger partial charge in [0, 0.05) is 7.14 Å². The third-order valence-electron chi connectivity index (χ3n) is 1.70. The average molecular weight is 388 g/mol. The van der Waals surface area contributed by atoms with Gasteiger partial charge in [-0.3, -0.25) is 0 Å². The molecule has 3 heteroatoms. The second-order valence-electron chi connectivity index (χ2n) is 2.42. The number of methoxy groups -OCH3 is 1. The molecule has 0 amide bonds. The van der Waals surface area contributed by atoms with Crippen LogP contribution in [0, 0.1) is 7.14 Å². The van der Waals surface area contributed by atoms with Crippen molar-refractivity contribution in [3.05, 3.63) is 24.8 Å². The van der Waals surface area contributed by atoms with E-state index in [1.807, 2.05) is 0 Å². The van der Waals surface area contributed by atoms with Crippen molar-refractivity contribution in [1.29, 1.82) is 0 Å². The quantitative estimate of drug-likeness (QED) is 0.706. The number of benzene rings is 1. The maximum atomic E-state index is 5.17. The minimum atomic E-state index is 0.945. The number of rotatable bonds is 2. The molecule has 0 fully saturated rings. The van der Waals surface area contributed by atoms with E-state index in [0.717, 1.165) is 12.2 Å². The molecule has 0 N–H and O–H groups in total. The average Bonchev–Trinajstić information content (AvgIpc) is 2.03. The molecule has 0 atom stereocenters. The van der Waals surface area contributed by atoms with Gasteiger partial charge in [-0.2, -0.15) is 0 Å². The molecule has 0 radical (unpaired) electrons. The molecule has 1 rings (SSSR count). The Bertz CT molecular complexity index is 261. The summed E-state index contributed by atoms with van der Waals surface area (Å²) in [5.74, 6) is 0.945. The summed E-state index contributed by atoms with van der Waals surface area (Å²) in [6, 6.07) is 4.14. The fraction of sp³-hybridized carbons (Fsp3) is 0.333. The van der Waals surface area contributed by atoms with E-state index in [1.165, 1.54) is 12.7 Å². The maximum absolute atomic E-state index is 5.17. The molecule has 1 nitrogen and oxygen atoms in total. The zero-order valence-electron chi connectivity index (χ0n) is 7.03. The van der Waals surface area contributed by atoms with Crippen molar-refractivity contribution in [3.63, 3.8) is 0 Å². The second-order valence-corrected chi connectivity index (χ2v) is 4.75. The van der Waals surface area contributed by atoms with Gasteiger partial charge in [0.1, 0.15) is 5.75 Å². The molecule has 0 bridgehead atoms. The Kier molecular flexibility index (Phi) is 4.09. The van der Waals surface area contributed by atoms with Crippen LogP contribution in [0.2, 0.25) is 0 Å². The number of hydrogen-bond acceptors (Lipinski definition) is 1. The summed E-state index contributed by atoms with van der Waals surface area (Å²) in [6.07, 6.45) is 1.08. The molecular formula is C9H10I2O. The molecule has 66 valence electrons. The highest BCUT2D eigenvalue weighted by Crippen LogP contribution is 2.25. The lowest BCUT2D eigenvalue weighted by molar-refractivity contribution is 0.414. The molecule has 12 heavy (non-hydrogen) atoms. The predicted octanol–water partition coefficient (Wildman–Crippen LogP) is 3.47. The Balaban J connectivity index is 3.18. The van der Waals surface area contributed by atoms with Gasteiger partial charge < -0.3 is 4.74 Å². The molecule has 0 spiro atoms. The molecule has 0 saturated carbocycles. The first-order chi connectivity index (χ1) is 5.69. The lowest BCUT2D eigenvalue weighted by Gasteiger charge is -2.07. The highest BCUT2D eigenvalue weighted by molar-refractivity contribution is 14.1. The van der Waals surface area contributed by atoms with Gasteiger partial charge in [0.15, 0.2) is 0 Å². The van der Waals surface area contributed by atoms with E-state index in [0.29, 0.717) is 0 Å². The summed E-state index contributed by atoms with van der Waals surface area (Å²) >= 11 is 4.70. The van der Waals surface area contributed by atoms with Gasteiger partial charge in [-0.1, -0.05) is 6.92 Å². The summed E-state index contributed by atoms with van der Waals surface area (Å²) in [4.78, 5) is 0. The molecule has 1 aromatic rings. The largest absolute Gasteiger partial charge is 0.497 e. The van der Waals surface area contributed by atoms with Crippen molar-refractivity contribution < 1.29 is 4.74 Å². The fourth-order valence-corrected chi connectivity index (χ4v) is 3.51. The van der Waals surface area contributed by atoms with Crippen LogP contribution in [0.1, 0.15) is 12.5 Å². The fourth-order valence-electron chi connectivity index (χ4n) is 1.04. The van der Waals surface area contributed by atoms with E-state index < -0.39 is 0 Å². The SMILES string of the molecule is CCc1c(I)cc(OC)cc1I. The van der Waals surface area contributed by atoms with Crippen LogP contribution < -0.4 is 4.74 Å². The smallest absolute Gasteiger partial charge is 0.120 e. The van der Waals surface area contributed by atoms with Crippen LogP contribution in [0.25, 0.3) is 0 Å². The monoisotopic (exact) mass is 388 g/mol. The van der Waals surface area contributed by atoms with Crippen LogP contribution >= 0.6 is 45.2 Å². The number of halogens is 2. The molecular weight excluding hydrogens is 378 g/mol. The summed E-state index contributed by atoms with van der Waals surface area (Å²) in [5.41, 5.74) is 1.41. The highest BCUT2D eigenvalue weighted by atomic mass is 127. The van der Waals surface area contributed by atoms with Crippen molar-refractivity contribution in [3.8, 4) is 5.75 Å². The molecule has 1 aromatic carbocycles. The van der Waals surface area contributed by atoms with Crippen molar-refractivity contribution >= 4 is 45.2 Å². The Hall–Kier alpha value is 0.480. The third kappa shape index (κ3) is 2.25. The van der Waals surface area contributed by atoms with Crippen LogP contribution in [0.3, 0.4) is 0 Å². The number of hydrogen-bond donors (Lipinski definition) is 0. The summed E-state index contributed by atoms with van der Waals surface area (Å²) in [7, 11) is 1.70. The molecule has 0 aliphatic rings. The maximum Gasteiger partial charge on any atom is 0.120 e.